The summed E-state index contributed by atoms with van der Waals surface area (Å²) >= 11 is 18.5. The van der Waals surface area contributed by atoms with E-state index in [-0.39, 0.29) is 33.9 Å². The lowest BCUT2D eigenvalue weighted by molar-refractivity contribution is -0.118. The molecule has 0 spiro atoms. The van der Waals surface area contributed by atoms with Gasteiger partial charge in [0.05, 0.1) is 10.0 Å². The topological polar surface area (TPSA) is 91.2 Å². The molecule has 0 heterocycles. The maximum absolute atomic E-state index is 12.5. The maximum atomic E-state index is 12.5. The van der Waals surface area contributed by atoms with E-state index in [4.69, 9.17) is 39.5 Å². The average molecular weight is 529 g/mol. The highest BCUT2D eigenvalue weighted by atomic mass is 35.5. The van der Waals surface area contributed by atoms with Crippen molar-refractivity contribution in [2.24, 2.45) is 0 Å². The number of benzene rings is 3. The van der Waals surface area contributed by atoms with Crippen molar-refractivity contribution < 1.29 is 14.3 Å². The number of nitriles is 1. The van der Waals surface area contributed by atoms with Gasteiger partial charge in [-0.15, -0.1) is 0 Å². The van der Waals surface area contributed by atoms with Crippen LogP contribution in [0.5, 0.6) is 5.75 Å². The van der Waals surface area contributed by atoms with Gasteiger partial charge in [-0.05, 0) is 73.5 Å². The van der Waals surface area contributed by atoms with E-state index in [9.17, 15) is 14.9 Å². The fourth-order valence-corrected chi connectivity index (χ4v) is 3.86. The van der Waals surface area contributed by atoms with Gasteiger partial charge in [-0.2, -0.15) is 5.26 Å². The standard InChI is InChI=1S/C26H20Cl3N3O3/c1-15-3-8-23(16(2)9-15)32-24(33)14-35-25-21(28)11-17(12-22(25)29)10-18(13-30)26(34)31-20-6-4-19(27)5-7-20/h3-12H,14H2,1-2H3,(H,31,34)(H,32,33)/b18-10-. The molecule has 0 aliphatic heterocycles. The van der Waals surface area contributed by atoms with Gasteiger partial charge in [-0.25, -0.2) is 0 Å². The summed E-state index contributed by atoms with van der Waals surface area (Å²) in [6.07, 6.45) is 1.35. The summed E-state index contributed by atoms with van der Waals surface area (Å²) in [5.74, 6) is -0.866. The van der Waals surface area contributed by atoms with E-state index < -0.39 is 5.91 Å². The van der Waals surface area contributed by atoms with Crippen LogP contribution in [0.15, 0.2) is 60.2 Å². The van der Waals surface area contributed by atoms with Crippen LogP contribution < -0.4 is 15.4 Å². The van der Waals surface area contributed by atoms with Crippen molar-refractivity contribution in [2.75, 3.05) is 17.2 Å². The van der Waals surface area contributed by atoms with Crippen LogP contribution >= 0.6 is 34.8 Å². The molecule has 0 unspecified atom stereocenters. The van der Waals surface area contributed by atoms with E-state index in [0.717, 1.165) is 11.1 Å². The summed E-state index contributed by atoms with van der Waals surface area (Å²) in [6.45, 7) is 3.56. The van der Waals surface area contributed by atoms with Gasteiger partial charge in [-0.1, -0.05) is 52.5 Å². The second-order valence-electron chi connectivity index (χ2n) is 7.60. The third kappa shape index (κ3) is 7.24. The Labute approximate surface area is 218 Å². The largest absolute Gasteiger partial charge is 0.481 e. The molecule has 0 aliphatic rings. The molecule has 0 aliphatic carbocycles. The molecule has 0 fully saturated rings. The highest BCUT2D eigenvalue weighted by Crippen LogP contribution is 2.35. The number of halogens is 3. The first-order valence-electron chi connectivity index (χ1n) is 10.3. The smallest absolute Gasteiger partial charge is 0.266 e. The van der Waals surface area contributed by atoms with Gasteiger partial charge in [0, 0.05) is 16.4 Å². The number of amides is 2. The minimum atomic E-state index is -0.606. The predicted molar refractivity (Wildman–Crippen MR) is 140 cm³/mol. The number of anilines is 2. The van der Waals surface area contributed by atoms with E-state index in [1.807, 2.05) is 38.1 Å². The number of ether oxygens (including phenoxy) is 1. The summed E-state index contributed by atoms with van der Waals surface area (Å²) < 4.78 is 5.54. The van der Waals surface area contributed by atoms with Crippen LogP contribution in [0.25, 0.3) is 6.08 Å². The number of nitrogens with zero attached hydrogens (tertiary/aromatic N) is 1. The second kappa shape index (κ2) is 11.8. The van der Waals surface area contributed by atoms with E-state index in [1.165, 1.54) is 18.2 Å². The maximum Gasteiger partial charge on any atom is 0.266 e. The first-order valence-corrected chi connectivity index (χ1v) is 11.5. The number of carbonyl (C=O) groups excluding carboxylic acids is 2. The zero-order valence-electron chi connectivity index (χ0n) is 18.8. The summed E-state index contributed by atoms with van der Waals surface area (Å²) in [4.78, 5) is 24.8. The van der Waals surface area contributed by atoms with E-state index in [1.54, 1.807) is 24.3 Å². The zero-order valence-corrected chi connectivity index (χ0v) is 21.1. The molecule has 2 N–H and O–H groups in total. The molecular weight excluding hydrogens is 509 g/mol. The van der Waals surface area contributed by atoms with Gasteiger partial charge >= 0.3 is 0 Å². The Morgan fingerprint density at radius 2 is 1.63 bits per heavy atom. The summed E-state index contributed by atoms with van der Waals surface area (Å²) in [5, 5.41) is 15.6. The lowest BCUT2D eigenvalue weighted by atomic mass is 10.1. The van der Waals surface area contributed by atoms with Crippen LogP contribution in [-0.4, -0.2) is 18.4 Å². The molecule has 9 heteroatoms. The van der Waals surface area contributed by atoms with Gasteiger partial charge < -0.3 is 15.4 Å². The highest BCUT2D eigenvalue weighted by molar-refractivity contribution is 6.37. The first-order chi connectivity index (χ1) is 16.7. The van der Waals surface area contributed by atoms with E-state index in [0.29, 0.717) is 22.0 Å². The van der Waals surface area contributed by atoms with Crippen LogP contribution in [-0.2, 0) is 9.59 Å². The molecule has 6 nitrogen and oxygen atoms in total. The van der Waals surface area contributed by atoms with Crippen molar-refractivity contribution in [2.45, 2.75) is 13.8 Å². The average Bonchev–Trinajstić information content (AvgIpc) is 2.80. The third-order valence-electron chi connectivity index (χ3n) is 4.80. The minimum absolute atomic E-state index is 0.116. The number of hydrogen-bond acceptors (Lipinski definition) is 4. The van der Waals surface area contributed by atoms with Crippen molar-refractivity contribution in [3.63, 3.8) is 0 Å². The molecule has 0 saturated heterocycles. The van der Waals surface area contributed by atoms with Gasteiger partial charge in [0.1, 0.15) is 11.6 Å². The van der Waals surface area contributed by atoms with Crippen LogP contribution in [0, 0.1) is 25.2 Å². The zero-order chi connectivity index (χ0) is 25.5. The number of carbonyl (C=O) groups is 2. The second-order valence-corrected chi connectivity index (χ2v) is 8.85. The first kappa shape index (κ1) is 26.1. The Bertz CT molecular complexity index is 1320. The molecule has 3 aromatic carbocycles. The molecule has 178 valence electrons. The summed E-state index contributed by atoms with van der Waals surface area (Å²) in [7, 11) is 0. The van der Waals surface area contributed by atoms with Crippen molar-refractivity contribution in [3.8, 4) is 11.8 Å². The van der Waals surface area contributed by atoms with Gasteiger partial charge in [0.25, 0.3) is 11.8 Å². The SMILES string of the molecule is Cc1ccc(NC(=O)COc2c(Cl)cc(/C=C(/C#N)C(=O)Nc3ccc(Cl)cc3)cc2Cl)c(C)c1. The predicted octanol–water partition coefficient (Wildman–Crippen LogP) is 6.83. The van der Waals surface area contributed by atoms with Crippen LogP contribution in [0.2, 0.25) is 15.1 Å². The highest BCUT2D eigenvalue weighted by Gasteiger charge is 2.15. The Balaban J connectivity index is 1.69. The van der Waals surface area contributed by atoms with Gasteiger partial charge in [0.2, 0.25) is 0 Å². The Hall–Kier alpha value is -3.50. The lowest BCUT2D eigenvalue weighted by Crippen LogP contribution is -2.20. The van der Waals surface area contributed by atoms with Crippen molar-refractivity contribution in [3.05, 3.63) is 91.9 Å². The van der Waals surface area contributed by atoms with E-state index >= 15 is 0 Å². The molecule has 0 atom stereocenters. The Morgan fingerprint density at radius 1 is 0.971 bits per heavy atom. The monoisotopic (exact) mass is 527 g/mol. The van der Waals surface area contributed by atoms with E-state index in [2.05, 4.69) is 10.6 Å². The quantitative estimate of drug-likeness (QED) is 0.260. The normalized spacial score (nSPS) is 10.9. The molecule has 0 bridgehead atoms. The van der Waals surface area contributed by atoms with Crippen LogP contribution in [0.4, 0.5) is 11.4 Å². The number of rotatable bonds is 7. The van der Waals surface area contributed by atoms with Crippen LogP contribution in [0.3, 0.4) is 0 Å². The van der Waals surface area contributed by atoms with Crippen molar-refractivity contribution in [1.29, 1.82) is 5.26 Å². The van der Waals surface area contributed by atoms with Crippen molar-refractivity contribution >= 4 is 64.1 Å². The summed E-state index contributed by atoms with van der Waals surface area (Å²) in [6, 6.07) is 17.0. The lowest BCUT2D eigenvalue weighted by Gasteiger charge is -2.12. The molecule has 3 rings (SSSR count). The Kier molecular flexibility index (Phi) is 8.78. The minimum Gasteiger partial charge on any atom is -0.481 e. The molecule has 0 saturated carbocycles. The molecule has 0 aromatic heterocycles. The van der Waals surface area contributed by atoms with Crippen molar-refractivity contribution in [1.82, 2.24) is 0 Å². The fourth-order valence-electron chi connectivity index (χ4n) is 3.13. The third-order valence-corrected chi connectivity index (χ3v) is 5.62. The molecule has 0 radical (unpaired) electrons. The fraction of sp³-hybridized carbons (Fsp3) is 0.115. The van der Waals surface area contributed by atoms with Crippen LogP contribution in [0.1, 0.15) is 16.7 Å². The molecular formula is C26H20Cl3N3O3. The molecule has 2 amide bonds. The van der Waals surface area contributed by atoms with Gasteiger partial charge in [0.15, 0.2) is 12.4 Å². The number of aryl methyl sites for hydroxylation is 2. The summed E-state index contributed by atoms with van der Waals surface area (Å²) in [5.41, 5.74) is 3.44. The number of hydrogen-bond donors (Lipinski definition) is 2. The number of nitrogens with one attached hydrogen (secondary N) is 2. The molecule has 35 heavy (non-hydrogen) atoms. The molecule has 3 aromatic rings. The Morgan fingerprint density at radius 3 is 2.23 bits per heavy atom. The van der Waals surface area contributed by atoms with Gasteiger partial charge in [-0.3, -0.25) is 9.59 Å².